The molecule has 2 unspecified atom stereocenters. The van der Waals surface area contributed by atoms with Crippen LogP contribution in [-0.4, -0.2) is 37.9 Å². The van der Waals surface area contributed by atoms with Crippen molar-refractivity contribution in [3.8, 4) is 0 Å². The van der Waals surface area contributed by atoms with Crippen LogP contribution in [0, 0.1) is 12.8 Å². The summed E-state index contributed by atoms with van der Waals surface area (Å²) >= 11 is 0. The summed E-state index contributed by atoms with van der Waals surface area (Å²) in [7, 11) is 4.21. The largest absolute Gasteiger partial charge is 0.374 e. The summed E-state index contributed by atoms with van der Waals surface area (Å²) in [6.45, 7) is 11.9. The minimum Gasteiger partial charge on any atom is -0.374 e. The molecule has 1 heterocycles. The van der Waals surface area contributed by atoms with Crippen LogP contribution in [0.1, 0.15) is 33.3 Å². The predicted molar refractivity (Wildman–Crippen MR) is 90.0 cm³/mol. The minimum atomic E-state index is -0.142. The smallest absolute Gasteiger partial charge is 0.0790 e. The van der Waals surface area contributed by atoms with E-state index in [1.807, 2.05) is 7.05 Å². The molecule has 1 aromatic rings. The molecule has 3 nitrogen and oxygen atoms in total. The maximum Gasteiger partial charge on any atom is 0.0790 e. The van der Waals surface area contributed by atoms with E-state index >= 15 is 0 Å². The van der Waals surface area contributed by atoms with Gasteiger partial charge in [-0.3, -0.25) is 0 Å². The van der Waals surface area contributed by atoms with E-state index in [2.05, 4.69) is 76.1 Å². The van der Waals surface area contributed by atoms with E-state index in [0.717, 1.165) is 6.54 Å². The van der Waals surface area contributed by atoms with Gasteiger partial charge in [0.2, 0.25) is 0 Å². The Kier molecular flexibility index (Phi) is 4.36. The molecule has 2 atom stereocenters. The fourth-order valence-corrected chi connectivity index (χ4v) is 3.84. The summed E-state index contributed by atoms with van der Waals surface area (Å²) in [5.74, 6) is 0.433. The Morgan fingerprint density at radius 3 is 2.43 bits per heavy atom. The van der Waals surface area contributed by atoms with Gasteiger partial charge in [-0.1, -0.05) is 12.1 Å². The van der Waals surface area contributed by atoms with Gasteiger partial charge in [0.05, 0.1) is 11.2 Å². The Morgan fingerprint density at radius 1 is 1.19 bits per heavy atom. The molecule has 1 saturated heterocycles. The van der Waals surface area contributed by atoms with Crippen molar-refractivity contribution in [1.29, 1.82) is 0 Å². The van der Waals surface area contributed by atoms with Crippen LogP contribution in [0.3, 0.4) is 0 Å². The van der Waals surface area contributed by atoms with Gasteiger partial charge in [-0.25, -0.2) is 0 Å². The number of aryl methyl sites for hydroxylation is 1. The maximum absolute atomic E-state index is 6.32. The third-order valence-electron chi connectivity index (χ3n) is 4.79. The molecule has 0 radical (unpaired) electrons. The van der Waals surface area contributed by atoms with Crippen molar-refractivity contribution in [2.24, 2.45) is 5.92 Å². The van der Waals surface area contributed by atoms with Crippen molar-refractivity contribution >= 4 is 5.69 Å². The Bertz CT molecular complexity index is 496. The predicted octanol–water partition coefficient (Wildman–Crippen LogP) is 3.22. The zero-order valence-electron chi connectivity index (χ0n) is 14.5. The first-order chi connectivity index (χ1) is 9.67. The monoisotopic (exact) mass is 290 g/mol. The lowest BCUT2D eigenvalue weighted by Crippen LogP contribution is -2.49. The highest BCUT2D eigenvalue weighted by molar-refractivity contribution is 5.47. The van der Waals surface area contributed by atoms with Crippen LogP contribution in [0.4, 0.5) is 5.69 Å². The first kappa shape index (κ1) is 16.3. The molecule has 1 aliphatic heterocycles. The number of rotatable bonds is 4. The fourth-order valence-electron chi connectivity index (χ4n) is 3.84. The number of nitrogens with one attached hydrogen (secondary N) is 1. The Hall–Kier alpha value is -1.06. The normalized spacial score (nSPS) is 26.8. The quantitative estimate of drug-likeness (QED) is 0.921. The summed E-state index contributed by atoms with van der Waals surface area (Å²) in [5.41, 5.74) is 2.29. The van der Waals surface area contributed by atoms with Gasteiger partial charge in [0.15, 0.2) is 0 Å². The zero-order chi connectivity index (χ0) is 15.8. The van der Waals surface area contributed by atoms with Gasteiger partial charge in [0, 0.05) is 31.2 Å². The van der Waals surface area contributed by atoms with Crippen molar-refractivity contribution < 1.29 is 4.74 Å². The lowest BCUT2D eigenvalue weighted by Gasteiger charge is -2.33. The van der Waals surface area contributed by atoms with Gasteiger partial charge in [0.1, 0.15) is 0 Å². The average molecular weight is 290 g/mol. The molecular weight excluding hydrogens is 260 g/mol. The maximum atomic E-state index is 6.32. The second-order valence-electron chi connectivity index (χ2n) is 7.40. The Labute approximate surface area is 129 Å². The lowest BCUT2D eigenvalue weighted by molar-refractivity contribution is -0.0768. The van der Waals surface area contributed by atoms with E-state index in [0.29, 0.717) is 12.0 Å². The molecule has 0 aromatic heterocycles. The molecule has 0 bridgehead atoms. The van der Waals surface area contributed by atoms with Crippen molar-refractivity contribution in [1.82, 2.24) is 5.32 Å². The molecule has 118 valence electrons. The summed E-state index contributed by atoms with van der Waals surface area (Å²) in [6.07, 6.45) is 0. The van der Waals surface area contributed by atoms with Gasteiger partial charge in [0.25, 0.3) is 0 Å². The van der Waals surface area contributed by atoms with Gasteiger partial charge >= 0.3 is 0 Å². The standard InChI is InChI=1S/C18H30N2O/c1-13-9-8-10-14(11-13)20(7)12-15-16(19-6)18(4,5)21-17(15,2)3/h8-11,15-16,19H,12H2,1-7H3. The summed E-state index contributed by atoms with van der Waals surface area (Å²) in [6, 6.07) is 9.02. The highest BCUT2D eigenvalue weighted by Crippen LogP contribution is 2.42. The zero-order valence-corrected chi connectivity index (χ0v) is 14.5. The van der Waals surface area contributed by atoms with Crippen molar-refractivity contribution in [3.63, 3.8) is 0 Å². The second-order valence-corrected chi connectivity index (χ2v) is 7.40. The number of nitrogens with zero attached hydrogens (tertiary/aromatic N) is 1. The molecule has 2 rings (SSSR count). The van der Waals surface area contributed by atoms with Crippen LogP contribution >= 0.6 is 0 Å². The molecule has 1 aromatic carbocycles. The lowest BCUT2D eigenvalue weighted by atomic mass is 9.82. The van der Waals surface area contributed by atoms with E-state index < -0.39 is 0 Å². The molecule has 0 amide bonds. The summed E-state index contributed by atoms with van der Waals surface area (Å²) in [5, 5.41) is 3.48. The minimum absolute atomic E-state index is 0.130. The number of hydrogen-bond donors (Lipinski definition) is 1. The SMILES string of the molecule is CNC1C(CN(C)c2cccc(C)c2)C(C)(C)OC1(C)C. The highest BCUT2D eigenvalue weighted by Gasteiger charge is 2.53. The van der Waals surface area contributed by atoms with E-state index in [1.54, 1.807) is 0 Å². The second kappa shape index (κ2) is 5.62. The molecule has 0 spiro atoms. The molecule has 1 N–H and O–H groups in total. The number of ether oxygens (including phenoxy) is 1. The molecule has 21 heavy (non-hydrogen) atoms. The Morgan fingerprint density at radius 2 is 1.86 bits per heavy atom. The third kappa shape index (κ3) is 3.24. The van der Waals surface area contributed by atoms with Gasteiger partial charge in [-0.15, -0.1) is 0 Å². The molecular formula is C18H30N2O. The van der Waals surface area contributed by atoms with E-state index in [4.69, 9.17) is 4.74 Å². The number of likely N-dealkylation sites (N-methyl/N-ethyl adjacent to an activating group) is 1. The van der Waals surface area contributed by atoms with E-state index in [1.165, 1.54) is 11.3 Å². The molecule has 1 aliphatic rings. The highest BCUT2D eigenvalue weighted by atomic mass is 16.5. The first-order valence-electron chi connectivity index (χ1n) is 7.82. The number of benzene rings is 1. The number of hydrogen-bond acceptors (Lipinski definition) is 3. The fraction of sp³-hybridized carbons (Fsp3) is 0.667. The molecule has 0 aliphatic carbocycles. The number of anilines is 1. The van der Waals surface area contributed by atoms with Gasteiger partial charge in [-0.2, -0.15) is 0 Å². The van der Waals surface area contributed by atoms with E-state index in [9.17, 15) is 0 Å². The first-order valence-corrected chi connectivity index (χ1v) is 7.82. The molecule has 1 fully saturated rings. The van der Waals surface area contributed by atoms with Crippen LogP contribution in [-0.2, 0) is 4.74 Å². The van der Waals surface area contributed by atoms with Crippen molar-refractivity contribution in [2.45, 2.75) is 51.9 Å². The molecule has 0 saturated carbocycles. The topological polar surface area (TPSA) is 24.5 Å². The van der Waals surface area contributed by atoms with Crippen LogP contribution in [0.2, 0.25) is 0 Å². The Balaban J connectivity index is 2.20. The van der Waals surface area contributed by atoms with Crippen LogP contribution in [0.5, 0.6) is 0 Å². The third-order valence-corrected chi connectivity index (χ3v) is 4.79. The average Bonchev–Trinajstić information content (AvgIpc) is 2.53. The molecule has 3 heteroatoms. The summed E-state index contributed by atoms with van der Waals surface area (Å²) < 4.78 is 6.32. The van der Waals surface area contributed by atoms with Crippen LogP contribution < -0.4 is 10.2 Å². The van der Waals surface area contributed by atoms with Gasteiger partial charge < -0.3 is 15.0 Å². The van der Waals surface area contributed by atoms with Crippen molar-refractivity contribution in [2.75, 3.05) is 25.5 Å². The van der Waals surface area contributed by atoms with Crippen LogP contribution in [0.15, 0.2) is 24.3 Å². The summed E-state index contributed by atoms with van der Waals surface area (Å²) in [4.78, 5) is 2.34. The van der Waals surface area contributed by atoms with E-state index in [-0.39, 0.29) is 11.2 Å². The van der Waals surface area contributed by atoms with Gasteiger partial charge in [-0.05, 0) is 59.4 Å². The van der Waals surface area contributed by atoms with Crippen LogP contribution in [0.25, 0.3) is 0 Å². The van der Waals surface area contributed by atoms with Crippen molar-refractivity contribution in [3.05, 3.63) is 29.8 Å².